The van der Waals surface area contributed by atoms with Crippen LogP contribution in [0.1, 0.15) is 48.1 Å². The standard InChI is InChI=1S/C21H23N3O3/c1-14(25)22-19(15-6-3-2-4-7-15)13-20(26)23-18-9-5-8-16(12-18)21(27)24-17-10-11-17/h2-9,12,17,19H,10-11,13H2,1H3,(H,22,25)(H,23,26)(H,24,27)/t19-/m1/s1. The van der Waals surface area contributed by atoms with E-state index in [1.807, 2.05) is 30.3 Å². The van der Waals surface area contributed by atoms with E-state index in [9.17, 15) is 14.4 Å². The van der Waals surface area contributed by atoms with Crippen molar-refractivity contribution in [2.45, 2.75) is 38.3 Å². The van der Waals surface area contributed by atoms with Crippen molar-refractivity contribution in [2.24, 2.45) is 0 Å². The smallest absolute Gasteiger partial charge is 0.251 e. The molecule has 2 aromatic rings. The molecule has 1 saturated carbocycles. The largest absolute Gasteiger partial charge is 0.349 e. The molecule has 0 aromatic heterocycles. The summed E-state index contributed by atoms with van der Waals surface area (Å²) in [5.41, 5.74) is 1.93. The van der Waals surface area contributed by atoms with Gasteiger partial charge in [0.15, 0.2) is 0 Å². The highest BCUT2D eigenvalue weighted by Crippen LogP contribution is 2.21. The molecule has 0 unspecified atom stereocenters. The van der Waals surface area contributed by atoms with Crippen LogP contribution >= 0.6 is 0 Å². The first-order valence-electron chi connectivity index (χ1n) is 9.04. The van der Waals surface area contributed by atoms with Gasteiger partial charge in [0.2, 0.25) is 11.8 Å². The fourth-order valence-corrected chi connectivity index (χ4v) is 2.81. The summed E-state index contributed by atoms with van der Waals surface area (Å²) in [7, 11) is 0. The Morgan fingerprint density at radius 2 is 1.78 bits per heavy atom. The molecule has 3 amide bonds. The summed E-state index contributed by atoms with van der Waals surface area (Å²) in [5, 5.41) is 8.54. The van der Waals surface area contributed by atoms with Crippen molar-refractivity contribution in [3.8, 4) is 0 Å². The topological polar surface area (TPSA) is 87.3 Å². The monoisotopic (exact) mass is 365 g/mol. The van der Waals surface area contributed by atoms with Crippen molar-refractivity contribution in [3.05, 3.63) is 65.7 Å². The van der Waals surface area contributed by atoms with Crippen molar-refractivity contribution in [2.75, 3.05) is 5.32 Å². The quantitative estimate of drug-likeness (QED) is 0.705. The minimum atomic E-state index is -0.412. The molecule has 6 nitrogen and oxygen atoms in total. The summed E-state index contributed by atoms with van der Waals surface area (Å²) in [6.07, 6.45) is 2.14. The van der Waals surface area contributed by atoms with Crippen molar-refractivity contribution in [1.82, 2.24) is 10.6 Å². The molecule has 0 radical (unpaired) electrons. The predicted molar refractivity (Wildman–Crippen MR) is 103 cm³/mol. The van der Waals surface area contributed by atoms with Crippen molar-refractivity contribution in [3.63, 3.8) is 0 Å². The highest BCUT2D eigenvalue weighted by molar-refractivity contribution is 5.97. The third-order valence-corrected chi connectivity index (χ3v) is 4.29. The zero-order chi connectivity index (χ0) is 19.2. The van der Waals surface area contributed by atoms with Crippen LogP contribution in [-0.2, 0) is 9.59 Å². The van der Waals surface area contributed by atoms with Gasteiger partial charge in [0.05, 0.1) is 12.5 Å². The summed E-state index contributed by atoms with van der Waals surface area (Å²) >= 11 is 0. The average molecular weight is 365 g/mol. The summed E-state index contributed by atoms with van der Waals surface area (Å²) < 4.78 is 0. The van der Waals surface area contributed by atoms with E-state index in [1.54, 1.807) is 24.3 Å². The van der Waals surface area contributed by atoms with Gasteiger partial charge in [0.25, 0.3) is 5.91 Å². The van der Waals surface area contributed by atoms with E-state index in [0.29, 0.717) is 11.3 Å². The molecule has 6 heteroatoms. The molecule has 1 fully saturated rings. The van der Waals surface area contributed by atoms with Gasteiger partial charge in [-0.25, -0.2) is 0 Å². The van der Waals surface area contributed by atoms with Crippen molar-refractivity contribution in [1.29, 1.82) is 0 Å². The molecule has 3 N–H and O–H groups in total. The molecule has 0 saturated heterocycles. The number of hydrogen-bond donors (Lipinski definition) is 3. The van der Waals surface area contributed by atoms with Gasteiger partial charge in [-0.3, -0.25) is 14.4 Å². The highest BCUT2D eigenvalue weighted by Gasteiger charge is 2.24. The number of benzene rings is 2. The average Bonchev–Trinajstić information content (AvgIpc) is 3.45. The summed E-state index contributed by atoms with van der Waals surface area (Å²) in [5.74, 6) is -0.568. The van der Waals surface area contributed by atoms with Gasteiger partial charge in [-0.2, -0.15) is 0 Å². The van der Waals surface area contributed by atoms with Crippen LogP contribution in [0.4, 0.5) is 5.69 Å². The van der Waals surface area contributed by atoms with E-state index in [4.69, 9.17) is 0 Å². The van der Waals surface area contributed by atoms with Crippen LogP contribution in [0.3, 0.4) is 0 Å². The Morgan fingerprint density at radius 3 is 2.44 bits per heavy atom. The zero-order valence-electron chi connectivity index (χ0n) is 15.2. The van der Waals surface area contributed by atoms with Gasteiger partial charge < -0.3 is 16.0 Å². The molecule has 2 aromatic carbocycles. The van der Waals surface area contributed by atoms with E-state index in [0.717, 1.165) is 18.4 Å². The SMILES string of the molecule is CC(=O)N[C@H](CC(=O)Nc1cccc(C(=O)NC2CC2)c1)c1ccccc1. The van der Waals surface area contributed by atoms with E-state index in [-0.39, 0.29) is 30.2 Å². The summed E-state index contributed by atoms with van der Waals surface area (Å²) in [6.45, 7) is 1.43. The molecule has 140 valence electrons. The Kier molecular flexibility index (Phi) is 5.86. The van der Waals surface area contributed by atoms with Crippen LogP contribution in [0.5, 0.6) is 0 Å². The number of nitrogens with one attached hydrogen (secondary N) is 3. The van der Waals surface area contributed by atoms with Crippen molar-refractivity contribution >= 4 is 23.4 Å². The maximum absolute atomic E-state index is 12.5. The second-order valence-electron chi connectivity index (χ2n) is 6.74. The number of rotatable bonds is 7. The maximum Gasteiger partial charge on any atom is 0.251 e. The molecular formula is C21H23N3O3. The van der Waals surface area contributed by atoms with E-state index in [2.05, 4.69) is 16.0 Å². The molecule has 0 spiro atoms. The minimum Gasteiger partial charge on any atom is -0.349 e. The maximum atomic E-state index is 12.5. The van der Waals surface area contributed by atoms with Gasteiger partial charge in [-0.15, -0.1) is 0 Å². The van der Waals surface area contributed by atoms with Gasteiger partial charge in [0.1, 0.15) is 0 Å². The van der Waals surface area contributed by atoms with Crippen LogP contribution in [0.25, 0.3) is 0 Å². The van der Waals surface area contributed by atoms with E-state index < -0.39 is 6.04 Å². The Labute approximate surface area is 158 Å². The Balaban J connectivity index is 1.64. The molecule has 3 rings (SSSR count). The van der Waals surface area contributed by atoms with Crippen LogP contribution in [0.15, 0.2) is 54.6 Å². The fourth-order valence-electron chi connectivity index (χ4n) is 2.81. The number of hydrogen-bond acceptors (Lipinski definition) is 3. The van der Waals surface area contributed by atoms with Crippen LogP contribution in [0.2, 0.25) is 0 Å². The first-order valence-corrected chi connectivity index (χ1v) is 9.04. The van der Waals surface area contributed by atoms with Crippen molar-refractivity contribution < 1.29 is 14.4 Å². The molecule has 27 heavy (non-hydrogen) atoms. The Bertz CT molecular complexity index is 832. The second kappa shape index (κ2) is 8.49. The summed E-state index contributed by atoms with van der Waals surface area (Å²) in [6, 6.07) is 16.1. The fraction of sp³-hybridized carbons (Fsp3) is 0.286. The third kappa shape index (κ3) is 5.67. The number of carbonyl (C=O) groups is 3. The molecule has 1 aliphatic carbocycles. The first kappa shape index (κ1) is 18.6. The first-order chi connectivity index (χ1) is 13.0. The normalized spacial score (nSPS) is 14.1. The zero-order valence-corrected chi connectivity index (χ0v) is 15.2. The van der Waals surface area contributed by atoms with Gasteiger partial charge in [0, 0.05) is 24.2 Å². The molecule has 1 aliphatic rings. The lowest BCUT2D eigenvalue weighted by Crippen LogP contribution is -2.29. The number of amides is 3. The molecular weight excluding hydrogens is 342 g/mol. The summed E-state index contributed by atoms with van der Waals surface area (Å²) in [4.78, 5) is 36.1. The van der Waals surface area contributed by atoms with Crippen LogP contribution < -0.4 is 16.0 Å². The van der Waals surface area contributed by atoms with Crippen LogP contribution in [-0.4, -0.2) is 23.8 Å². The van der Waals surface area contributed by atoms with Crippen LogP contribution in [0, 0.1) is 0 Å². The van der Waals surface area contributed by atoms with Gasteiger partial charge >= 0.3 is 0 Å². The number of anilines is 1. The van der Waals surface area contributed by atoms with Gasteiger partial charge in [-0.1, -0.05) is 36.4 Å². The highest BCUT2D eigenvalue weighted by atomic mass is 16.2. The lowest BCUT2D eigenvalue weighted by atomic mass is 10.0. The molecule has 0 bridgehead atoms. The Morgan fingerprint density at radius 1 is 1.04 bits per heavy atom. The molecule has 0 heterocycles. The minimum absolute atomic E-state index is 0.0993. The number of carbonyl (C=O) groups excluding carboxylic acids is 3. The lowest BCUT2D eigenvalue weighted by molar-refractivity contribution is -0.120. The molecule has 0 aliphatic heterocycles. The van der Waals surface area contributed by atoms with Gasteiger partial charge in [-0.05, 0) is 36.6 Å². The molecule has 1 atom stereocenters. The predicted octanol–water partition coefficient (Wildman–Crippen LogP) is 2.78. The van der Waals surface area contributed by atoms with E-state index in [1.165, 1.54) is 6.92 Å². The Hall–Kier alpha value is -3.15. The third-order valence-electron chi connectivity index (χ3n) is 4.29. The lowest BCUT2D eigenvalue weighted by Gasteiger charge is -2.18. The second-order valence-corrected chi connectivity index (χ2v) is 6.74. The van der Waals surface area contributed by atoms with E-state index >= 15 is 0 Å².